The number of fused-ring (bicyclic) bond motifs is 1. The molecule has 0 bridgehead atoms. The molecule has 0 aliphatic heterocycles. The smallest absolute Gasteiger partial charge is 0.260 e. The molecule has 1 aromatic heterocycles. The number of methoxy groups -OCH3 is 1. The van der Waals surface area contributed by atoms with Gasteiger partial charge in [-0.3, -0.25) is 9.59 Å². The number of ether oxygens (including phenoxy) is 1. The maximum atomic E-state index is 13.1. The maximum Gasteiger partial charge on any atom is 0.260 e. The van der Waals surface area contributed by atoms with Crippen molar-refractivity contribution >= 4 is 29.1 Å². The van der Waals surface area contributed by atoms with Gasteiger partial charge in [-0.2, -0.15) is 0 Å². The van der Waals surface area contributed by atoms with E-state index in [1.54, 1.807) is 7.11 Å². The first-order valence-electron chi connectivity index (χ1n) is 13.3. The van der Waals surface area contributed by atoms with E-state index in [0.29, 0.717) is 16.6 Å². The molecule has 3 aromatic rings. The molecular weight excluding hydrogens is 512 g/mol. The number of nitrogens with one attached hydrogen (secondary N) is 2. The number of amides is 2. The third-order valence-electron chi connectivity index (χ3n) is 7.31. The van der Waals surface area contributed by atoms with Gasteiger partial charge in [0.15, 0.2) is 0 Å². The number of anilines is 1. The number of carbonyl (C=O) groups excluding carboxylic acids is 2. The van der Waals surface area contributed by atoms with E-state index in [1.165, 1.54) is 24.3 Å². The Morgan fingerprint density at radius 3 is 2.54 bits per heavy atom. The summed E-state index contributed by atoms with van der Waals surface area (Å²) in [6.07, 6.45) is 5.30. The molecule has 0 saturated heterocycles. The van der Waals surface area contributed by atoms with Crippen LogP contribution in [-0.2, 0) is 22.4 Å². The van der Waals surface area contributed by atoms with Crippen LogP contribution in [0.2, 0.25) is 5.02 Å². The number of rotatable bonds is 9. The zero-order valence-corrected chi connectivity index (χ0v) is 23.6. The fourth-order valence-corrected chi connectivity index (χ4v) is 5.49. The second kappa shape index (κ2) is 12.5. The first kappa shape index (κ1) is 28.3. The monoisotopic (exact) mass is 546 g/mol. The topological polar surface area (TPSA) is 106 Å². The van der Waals surface area contributed by atoms with Crippen molar-refractivity contribution in [3.8, 4) is 28.3 Å². The van der Waals surface area contributed by atoms with Gasteiger partial charge in [0.05, 0.1) is 17.8 Å². The number of hydrogen-bond acceptors (Lipinski definition) is 5. The van der Waals surface area contributed by atoms with Crippen molar-refractivity contribution in [3.05, 3.63) is 75.8 Å². The van der Waals surface area contributed by atoms with Crippen molar-refractivity contribution in [1.29, 1.82) is 0 Å². The van der Waals surface area contributed by atoms with Crippen LogP contribution in [0, 0.1) is 0 Å². The summed E-state index contributed by atoms with van der Waals surface area (Å²) in [5.74, 6) is -0.261. The number of pyridine rings is 1. The summed E-state index contributed by atoms with van der Waals surface area (Å²) >= 11 is 7.11. The summed E-state index contributed by atoms with van der Waals surface area (Å²) in [5.41, 5.74) is 12.9. The summed E-state index contributed by atoms with van der Waals surface area (Å²) in [4.78, 5) is 30.2. The minimum Gasteiger partial charge on any atom is -0.481 e. The van der Waals surface area contributed by atoms with Gasteiger partial charge in [0, 0.05) is 36.0 Å². The molecule has 1 aliphatic rings. The molecule has 0 fully saturated rings. The van der Waals surface area contributed by atoms with Gasteiger partial charge >= 0.3 is 0 Å². The Balaban J connectivity index is 1.82. The minimum atomic E-state index is -0.518. The molecule has 8 heteroatoms. The van der Waals surface area contributed by atoms with Gasteiger partial charge in [-0.15, -0.1) is 0 Å². The Labute approximate surface area is 234 Å². The number of halogens is 1. The third kappa shape index (κ3) is 5.70. The van der Waals surface area contributed by atoms with Crippen LogP contribution < -0.4 is 21.1 Å². The van der Waals surface area contributed by atoms with Gasteiger partial charge in [0.25, 0.3) is 11.8 Å². The minimum absolute atomic E-state index is 0.0304. The Hall–Kier alpha value is -3.68. The summed E-state index contributed by atoms with van der Waals surface area (Å²) in [7, 11) is 3.13. The molecule has 1 aliphatic carbocycles. The summed E-state index contributed by atoms with van der Waals surface area (Å²) in [5, 5.41) is 6.02. The van der Waals surface area contributed by atoms with Crippen LogP contribution in [0.1, 0.15) is 49.3 Å². The van der Waals surface area contributed by atoms with Crippen LogP contribution in [0.4, 0.5) is 5.69 Å². The largest absolute Gasteiger partial charge is 0.481 e. The van der Waals surface area contributed by atoms with Crippen LogP contribution in [0.15, 0.2) is 54.1 Å². The molecule has 1 unspecified atom stereocenters. The Morgan fingerprint density at radius 1 is 1.13 bits per heavy atom. The molecule has 39 heavy (non-hydrogen) atoms. The van der Waals surface area contributed by atoms with E-state index in [-0.39, 0.29) is 18.0 Å². The number of hydrogen-bond donors (Lipinski definition) is 3. The second-order valence-corrected chi connectivity index (χ2v) is 10.0. The lowest BCUT2D eigenvalue weighted by Crippen LogP contribution is -2.29. The van der Waals surface area contributed by atoms with Crippen molar-refractivity contribution in [2.75, 3.05) is 26.0 Å². The van der Waals surface area contributed by atoms with E-state index in [9.17, 15) is 9.59 Å². The molecule has 2 amide bonds. The molecule has 0 saturated carbocycles. The molecular formula is C31H35ClN4O3. The van der Waals surface area contributed by atoms with Crippen molar-refractivity contribution in [2.45, 2.75) is 45.4 Å². The highest BCUT2D eigenvalue weighted by Gasteiger charge is 2.24. The van der Waals surface area contributed by atoms with Gasteiger partial charge < -0.3 is 21.1 Å². The predicted molar refractivity (Wildman–Crippen MR) is 157 cm³/mol. The standard InChI is InChI=1S/C31H35ClN4O3/c1-5-18(2)27-21(11-8-14-25(27)35-30(38)24(15-16-33)29(37)34-3)22-12-7-13-23(28(22)32)26-17-19-9-6-10-20(19)31(36-26)39-4/h7-8,11-15,17-18H,5-6,9-10,16,33H2,1-4H3,(H,34,37)(H,35,38)/b24-15+. The van der Waals surface area contributed by atoms with Crippen molar-refractivity contribution in [3.63, 3.8) is 0 Å². The van der Waals surface area contributed by atoms with E-state index >= 15 is 0 Å². The van der Waals surface area contributed by atoms with Gasteiger partial charge in [0.1, 0.15) is 5.57 Å². The number of carbonyl (C=O) groups is 2. The summed E-state index contributed by atoms with van der Waals surface area (Å²) in [6, 6.07) is 13.8. The molecule has 1 heterocycles. The number of aromatic nitrogens is 1. The fourth-order valence-electron chi connectivity index (χ4n) is 5.16. The van der Waals surface area contributed by atoms with E-state index in [0.717, 1.165) is 53.6 Å². The van der Waals surface area contributed by atoms with E-state index < -0.39 is 11.8 Å². The SMILES string of the molecule is CCC(C)c1c(NC(=O)/C(=C/CN)C(=O)NC)cccc1-c1cccc(-c2cc3c(c(OC)n2)CCC3)c1Cl. The van der Waals surface area contributed by atoms with Gasteiger partial charge in [0.2, 0.25) is 5.88 Å². The molecule has 0 spiro atoms. The quantitative estimate of drug-likeness (QED) is 0.183. The first-order chi connectivity index (χ1) is 18.8. The fraction of sp³-hybridized carbons (Fsp3) is 0.323. The first-order valence-corrected chi connectivity index (χ1v) is 13.6. The van der Waals surface area contributed by atoms with Crippen LogP contribution in [-0.4, -0.2) is 37.5 Å². The lowest BCUT2D eigenvalue weighted by atomic mass is 9.87. The van der Waals surface area contributed by atoms with Crippen molar-refractivity contribution in [2.24, 2.45) is 5.73 Å². The number of nitrogens with two attached hydrogens (primary N) is 1. The van der Waals surface area contributed by atoms with E-state index in [1.807, 2.05) is 36.4 Å². The molecule has 204 valence electrons. The number of aryl methyl sites for hydroxylation is 1. The van der Waals surface area contributed by atoms with Crippen LogP contribution in [0.3, 0.4) is 0 Å². The highest BCUT2D eigenvalue weighted by molar-refractivity contribution is 6.36. The lowest BCUT2D eigenvalue weighted by molar-refractivity contribution is -0.121. The summed E-state index contributed by atoms with van der Waals surface area (Å²) < 4.78 is 5.62. The highest BCUT2D eigenvalue weighted by atomic mass is 35.5. The van der Waals surface area contributed by atoms with E-state index in [2.05, 4.69) is 30.5 Å². The highest BCUT2D eigenvalue weighted by Crippen LogP contribution is 2.43. The molecule has 7 nitrogen and oxygen atoms in total. The normalized spacial score (nSPS) is 13.5. The molecule has 1 atom stereocenters. The molecule has 0 radical (unpaired) electrons. The average molecular weight is 547 g/mol. The lowest BCUT2D eigenvalue weighted by Gasteiger charge is -2.22. The van der Waals surface area contributed by atoms with Crippen LogP contribution >= 0.6 is 11.6 Å². The van der Waals surface area contributed by atoms with Crippen LogP contribution in [0.25, 0.3) is 22.4 Å². The van der Waals surface area contributed by atoms with E-state index in [4.69, 9.17) is 27.1 Å². The maximum absolute atomic E-state index is 13.1. The molecule has 4 rings (SSSR count). The Kier molecular flexibility index (Phi) is 9.04. The molecule has 2 aromatic carbocycles. The number of nitrogens with zero attached hydrogens (tertiary/aromatic N) is 1. The predicted octanol–water partition coefficient (Wildman–Crippen LogP) is 5.65. The van der Waals surface area contributed by atoms with Gasteiger partial charge in [-0.05, 0) is 60.4 Å². The van der Waals surface area contributed by atoms with Crippen molar-refractivity contribution in [1.82, 2.24) is 10.3 Å². The van der Waals surface area contributed by atoms with Gasteiger partial charge in [-0.1, -0.05) is 61.9 Å². The average Bonchev–Trinajstić information content (AvgIpc) is 3.43. The van der Waals surface area contributed by atoms with Gasteiger partial charge in [-0.25, -0.2) is 4.98 Å². The third-order valence-corrected chi connectivity index (χ3v) is 7.71. The Bertz CT molecular complexity index is 1430. The Morgan fingerprint density at radius 2 is 1.85 bits per heavy atom. The number of likely N-dealkylation sites (N-methyl/N-ethyl adjacent to an activating group) is 1. The van der Waals surface area contributed by atoms with Crippen LogP contribution in [0.5, 0.6) is 5.88 Å². The summed E-state index contributed by atoms with van der Waals surface area (Å²) in [6.45, 7) is 4.27. The number of benzene rings is 2. The molecule has 4 N–H and O–H groups in total. The second-order valence-electron chi connectivity index (χ2n) is 9.64. The zero-order chi connectivity index (χ0) is 28.1. The zero-order valence-electron chi connectivity index (χ0n) is 22.9. The van der Waals surface area contributed by atoms with Crippen molar-refractivity contribution < 1.29 is 14.3 Å².